The third-order valence-corrected chi connectivity index (χ3v) is 13.2. The zero-order valence-electron chi connectivity index (χ0n) is 35.1. The number of rotatable bonds is 11. The quantitative estimate of drug-likeness (QED) is 0.154. The molecule has 4 fully saturated rings. The number of carbonyl (C=O) groups excluding carboxylic acids is 4. The number of carbonyl (C=O) groups is 4. The fourth-order valence-electron chi connectivity index (χ4n) is 9.72. The van der Waals surface area contributed by atoms with Gasteiger partial charge in [0.1, 0.15) is 5.54 Å². The Morgan fingerprint density at radius 2 is 1.79 bits per heavy atom. The number of anilines is 3. The van der Waals surface area contributed by atoms with E-state index in [0.29, 0.717) is 34.9 Å². The number of hydrogen-bond acceptors (Lipinski definition) is 9. The molecule has 14 nitrogen and oxygen atoms in total. The summed E-state index contributed by atoms with van der Waals surface area (Å²) < 4.78 is 49.3. The summed E-state index contributed by atoms with van der Waals surface area (Å²) in [5, 5.41) is 20.1. The highest BCUT2D eigenvalue weighted by molar-refractivity contribution is 7.80. The first-order chi connectivity index (χ1) is 28.9. The second-order valence-electron chi connectivity index (χ2n) is 17.3. The molecule has 1 aliphatic carbocycles. The number of urea groups is 1. The molecule has 3 atom stereocenters. The van der Waals surface area contributed by atoms with Crippen LogP contribution in [0.2, 0.25) is 0 Å². The summed E-state index contributed by atoms with van der Waals surface area (Å²) in [7, 11) is 1.75. The minimum atomic E-state index is -4.76. The second-order valence-corrected chi connectivity index (χ2v) is 17.7. The Bertz CT molecular complexity index is 2250. The Hall–Kier alpha value is -5.12. The molecule has 4 heterocycles. The van der Waals surface area contributed by atoms with Crippen molar-refractivity contribution in [1.29, 1.82) is 5.26 Å². The van der Waals surface area contributed by atoms with Gasteiger partial charge < -0.3 is 15.0 Å². The Balaban J connectivity index is 0.861. The molecule has 326 valence electrons. The summed E-state index contributed by atoms with van der Waals surface area (Å²) in [6, 6.07) is 9.97. The second kappa shape index (κ2) is 17.3. The van der Waals surface area contributed by atoms with E-state index in [1.165, 1.54) is 15.9 Å². The van der Waals surface area contributed by atoms with E-state index in [1.54, 1.807) is 37.7 Å². The summed E-state index contributed by atoms with van der Waals surface area (Å²) in [6.07, 6.45) is 2.47. The van der Waals surface area contributed by atoms with E-state index < -0.39 is 34.8 Å². The number of para-hydroxylation sites is 1. The van der Waals surface area contributed by atoms with Crippen LogP contribution in [0.3, 0.4) is 0 Å². The number of hydrogen-bond donors (Lipinski definition) is 2. The topological polar surface area (TPSA) is 156 Å². The Morgan fingerprint density at radius 3 is 2.44 bits per heavy atom. The number of aryl methyl sites for hydroxylation is 1. The number of piperidine rings is 1. The van der Waals surface area contributed by atoms with Crippen LogP contribution in [0.5, 0.6) is 0 Å². The van der Waals surface area contributed by atoms with Crippen LogP contribution in [0.15, 0.2) is 36.4 Å². The number of amides is 5. The van der Waals surface area contributed by atoms with Gasteiger partial charge in [-0.1, -0.05) is 6.07 Å². The van der Waals surface area contributed by atoms with Crippen molar-refractivity contribution in [2.45, 2.75) is 121 Å². The molecule has 5 amide bonds. The van der Waals surface area contributed by atoms with Crippen LogP contribution >= 0.6 is 12.2 Å². The smallest absolute Gasteiger partial charge is 0.378 e. The molecule has 0 radical (unpaired) electrons. The lowest BCUT2D eigenvalue weighted by atomic mass is 9.82. The molecule has 1 saturated carbocycles. The normalized spacial score (nSPS) is 25.0. The maximum absolute atomic E-state index is 13.8. The molecular formula is C43H52F3N9O5S. The van der Waals surface area contributed by atoms with Gasteiger partial charge in [0.25, 0.3) is 5.91 Å². The van der Waals surface area contributed by atoms with E-state index >= 15 is 0 Å². The minimum absolute atomic E-state index is 0.00347. The number of nitriles is 1. The van der Waals surface area contributed by atoms with Crippen molar-refractivity contribution in [2.75, 3.05) is 34.8 Å². The molecule has 7 rings (SSSR count). The number of thiocarbonyl (C=S) groups is 1. The SMILES string of the molecule is C[C@@H]1CC(OCCC[C@H]2CC[C@H](N3C(=S)N(c4ccc(C#N)c(C(F)(F)F)c4)C(=O)C3(C)C)CC2)C[C@H](C)N1CC(=O)Nc1cccc2c(N3CCC(=O)NC3=O)nn(C)c12. The standard InChI is InChI=1S/C43H52F3N9O5S/c1-25-20-31(21-26(2)53(25)24-36(57)48-34-10-6-9-32-37(34)51(5)50-38(32)52-18-17-35(56)49-40(52)59)60-19-7-8-27-11-14-29(15-12-27)55-41(61)54(39(58)42(55,3)4)30-16-13-28(23-47)33(22-30)43(44,45)46/h6,9-10,13,16,22,25-27,29,31H,7-8,11-12,14-15,17-21,24H2,1-5H3,(H,48,57)(H,49,56,59)/t25-,26+,27-,29-,31?. The zero-order valence-corrected chi connectivity index (χ0v) is 35.9. The largest absolute Gasteiger partial charge is 0.417 e. The molecular weight excluding hydrogens is 812 g/mol. The van der Waals surface area contributed by atoms with Gasteiger partial charge in [0.2, 0.25) is 11.8 Å². The number of nitrogens with zero attached hydrogens (tertiary/aromatic N) is 7. The average Bonchev–Trinajstić information content (AvgIpc) is 3.62. The Labute approximate surface area is 358 Å². The van der Waals surface area contributed by atoms with E-state index in [1.807, 2.05) is 17.0 Å². The first kappa shape index (κ1) is 44.0. The molecule has 18 heteroatoms. The Morgan fingerprint density at radius 1 is 1.08 bits per heavy atom. The molecule has 3 aliphatic heterocycles. The summed E-state index contributed by atoms with van der Waals surface area (Å²) in [5.74, 6) is 0.0272. The molecule has 4 aliphatic rings. The van der Waals surface area contributed by atoms with Crippen LogP contribution in [0.25, 0.3) is 10.9 Å². The molecule has 3 saturated heterocycles. The summed E-state index contributed by atoms with van der Waals surface area (Å²) >= 11 is 5.77. The molecule has 1 unspecified atom stereocenters. The Kier molecular flexibility index (Phi) is 12.5. The van der Waals surface area contributed by atoms with Crippen molar-refractivity contribution >= 4 is 69.2 Å². The van der Waals surface area contributed by atoms with E-state index in [9.17, 15) is 37.6 Å². The third-order valence-electron chi connectivity index (χ3n) is 12.8. The number of aromatic nitrogens is 2. The minimum Gasteiger partial charge on any atom is -0.378 e. The van der Waals surface area contributed by atoms with Crippen LogP contribution < -0.4 is 20.4 Å². The molecule has 0 bridgehead atoms. The molecule has 61 heavy (non-hydrogen) atoms. The molecule has 0 spiro atoms. The van der Waals surface area contributed by atoms with Gasteiger partial charge in [-0.05, 0) is 128 Å². The number of fused-ring (bicyclic) bond motifs is 1. The van der Waals surface area contributed by atoms with E-state index in [4.69, 9.17) is 17.0 Å². The van der Waals surface area contributed by atoms with Crippen LogP contribution in [-0.2, 0) is 32.3 Å². The van der Waals surface area contributed by atoms with Gasteiger partial charge in [0, 0.05) is 50.1 Å². The van der Waals surface area contributed by atoms with Crippen LogP contribution in [-0.4, -0.2) is 97.9 Å². The van der Waals surface area contributed by atoms with E-state index in [0.717, 1.165) is 63.5 Å². The first-order valence-corrected chi connectivity index (χ1v) is 21.3. The van der Waals surface area contributed by atoms with Gasteiger partial charge in [0.15, 0.2) is 10.9 Å². The van der Waals surface area contributed by atoms with Gasteiger partial charge in [0.05, 0.1) is 46.7 Å². The predicted octanol–water partition coefficient (Wildman–Crippen LogP) is 6.86. The van der Waals surface area contributed by atoms with Gasteiger partial charge in [-0.15, -0.1) is 0 Å². The summed E-state index contributed by atoms with van der Waals surface area (Å²) in [4.78, 5) is 58.1. The maximum Gasteiger partial charge on any atom is 0.417 e. The highest BCUT2D eigenvalue weighted by Gasteiger charge is 2.52. The highest BCUT2D eigenvalue weighted by Crippen LogP contribution is 2.42. The lowest BCUT2D eigenvalue weighted by molar-refractivity contribution is -0.137. The average molecular weight is 864 g/mol. The highest BCUT2D eigenvalue weighted by atomic mass is 32.1. The molecule has 1 aromatic heterocycles. The first-order valence-electron chi connectivity index (χ1n) is 20.9. The van der Waals surface area contributed by atoms with Crippen molar-refractivity contribution in [3.05, 3.63) is 47.5 Å². The van der Waals surface area contributed by atoms with Gasteiger partial charge in [-0.2, -0.15) is 23.5 Å². The van der Waals surface area contributed by atoms with Crippen LogP contribution in [0, 0.1) is 17.2 Å². The lowest BCUT2D eigenvalue weighted by Crippen LogP contribution is -2.51. The maximum atomic E-state index is 13.8. The number of benzene rings is 2. The van der Waals surface area contributed by atoms with Crippen molar-refractivity contribution in [3.63, 3.8) is 0 Å². The predicted molar refractivity (Wildman–Crippen MR) is 227 cm³/mol. The fraction of sp³-hybridized carbons (Fsp3) is 0.558. The summed E-state index contributed by atoms with van der Waals surface area (Å²) in [6.45, 7) is 8.80. The number of halogens is 3. The number of nitrogens with one attached hydrogen (secondary N) is 2. The van der Waals surface area contributed by atoms with Gasteiger partial charge in [-0.3, -0.25) is 39.1 Å². The number of likely N-dealkylation sites (tertiary alicyclic amines) is 1. The molecule has 3 aromatic rings. The van der Waals surface area contributed by atoms with Crippen molar-refractivity contribution < 1.29 is 37.1 Å². The number of alkyl halides is 3. The van der Waals surface area contributed by atoms with Crippen molar-refractivity contribution in [2.24, 2.45) is 13.0 Å². The number of ether oxygens (including phenoxy) is 1. The third kappa shape index (κ3) is 8.82. The van der Waals surface area contributed by atoms with E-state index in [2.05, 4.69) is 34.5 Å². The summed E-state index contributed by atoms with van der Waals surface area (Å²) in [5.41, 5.74) is -1.39. The van der Waals surface area contributed by atoms with E-state index in [-0.39, 0.29) is 66.4 Å². The van der Waals surface area contributed by atoms with Crippen LogP contribution in [0.1, 0.15) is 96.6 Å². The molecule has 2 aromatic carbocycles. The van der Waals surface area contributed by atoms with Crippen molar-refractivity contribution in [3.8, 4) is 6.07 Å². The fourth-order valence-corrected chi connectivity index (χ4v) is 10.3. The monoisotopic (exact) mass is 863 g/mol. The number of imide groups is 1. The van der Waals surface area contributed by atoms with Gasteiger partial charge in [-0.25, -0.2) is 4.79 Å². The zero-order chi connectivity index (χ0) is 44.0. The van der Waals surface area contributed by atoms with Gasteiger partial charge >= 0.3 is 12.2 Å². The molecule has 2 N–H and O–H groups in total. The lowest BCUT2D eigenvalue weighted by Gasteiger charge is -2.42. The van der Waals surface area contributed by atoms with Crippen LogP contribution in [0.4, 0.5) is 35.2 Å². The van der Waals surface area contributed by atoms with Crippen molar-refractivity contribution in [1.82, 2.24) is 24.9 Å².